The molecule has 2 fully saturated rings. The quantitative estimate of drug-likeness (QED) is 0.845. The van der Waals surface area contributed by atoms with Crippen molar-refractivity contribution in [3.8, 4) is 0 Å². The molecule has 1 aromatic carbocycles. The van der Waals surface area contributed by atoms with Crippen LogP contribution in [0.5, 0.6) is 0 Å². The van der Waals surface area contributed by atoms with Crippen molar-refractivity contribution in [1.29, 1.82) is 0 Å². The van der Waals surface area contributed by atoms with E-state index in [1.165, 1.54) is 19.3 Å². The minimum Gasteiger partial charge on any atom is -0.353 e. The first-order chi connectivity index (χ1) is 12.0. The Kier molecular flexibility index (Phi) is 5.45. The molecule has 2 aliphatic carbocycles. The van der Waals surface area contributed by atoms with Crippen molar-refractivity contribution in [2.45, 2.75) is 71.3 Å². The Labute approximate surface area is 150 Å². The summed E-state index contributed by atoms with van der Waals surface area (Å²) in [5, 5.41) is 6.24. The number of hydrogen-bond donors (Lipinski definition) is 2. The Hall–Kier alpha value is -1.84. The van der Waals surface area contributed by atoms with Gasteiger partial charge in [-0.25, -0.2) is 0 Å². The highest BCUT2D eigenvalue weighted by Gasteiger charge is 2.48. The molecule has 0 spiro atoms. The number of amides is 2. The van der Waals surface area contributed by atoms with E-state index in [4.69, 9.17) is 0 Å². The van der Waals surface area contributed by atoms with Crippen LogP contribution in [0.25, 0.3) is 0 Å². The zero-order valence-electron chi connectivity index (χ0n) is 15.6. The van der Waals surface area contributed by atoms with Crippen molar-refractivity contribution >= 4 is 17.5 Å². The molecule has 2 atom stereocenters. The van der Waals surface area contributed by atoms with E-state index in [9.17, 15) is 9.59 Å². The molecule has 2 unspecified atom stereocenters. The van der Waals surface area contributed by atoms with Gasteiger partial charge in [-0.2, -0.15) is 0 Å². The van der Waals surface area contributed by atoms with Crippen LogP contribution >= 0.6 is 0 Å². The van der Waals surface area contributed by atoms with Crippen LogP contribution in [0.15, 0.2) is 18.2 Å². The Morgan fingerprint density at radius 2 is 1.72 bits per heavy atom. The van der Waals surface area contributed by atoms with Gasteiger partial charge in [0.25, 0.3) is 0 Å². The molecular formula is C21H30N2O2. The predicted molar refractivity (Wildman–Crippen MR) is 101 cm³/mol. The van der Waals surface area contributed by atoms with Crippen LogP contribution < -0.4 is 10.6 Å². The summed E-state index contributed by atoms with van der Waals surface area (Å²) in [6.07, 6.45) is 6.50. The fourth-order valence-corrected chi connectivity index (χ4v) is 3.89. The third-order valence-corrected chi connectivity index (χ3v) is 5.59. The number of carbonyl (C=O) groups is 2. The van der Waals surface area contributed by atoms with Crippen molar-refractivity contribution in [3.05, 3.63) is 29.3 Å². The Bertz CT molecular complexity index is 647. The van der Waals surface area contributed by atoms with E-state index in [-0.39, 0.29) is 23.7 Å². The van der Waals surface area contributed by atoms with Gasteiger partial charge < -0.3 is 10.6 Å². The van der Waals surface area contributed by atoms with Crippen molar-refractivity contribution in [3.63, 3.8) is 0 Å². The number of rotatable bonds is 5. The van der Waals surface area contributed by atoms with Crippen LogP contribution in [-0.2, 0) is 9.59 Å². The van der Waals surface area contributed by atoms with E-state index in [2.05, 4.69) is 30.5 Å². The van der Waals surface area contributed by atoms with E-state index in [1.54, 1.807) is 0 Å². The summed E-state index contributed by atoms with van der Waals surface area (Å²) in [5.41, 5.74) is 3.14. The third-order valence-electron chi connectivity index (χ3n) is 5.59. The van der Waals surface area contributed by atoms with Gasteiger partial charge in [0.05, 0.1) is 11.8 Å². The van der Waals surface area contributed by atoms with Crippen LogP contribution in [0.3, 0.4) is 0 Å². The van der Waals surface area contributed by atoms with Crippen molar-refractivity contribution in [2.75, 3.05) is 5.32 Å². The van der Waals surface area contributed by atoms with Crippen LogP contribution in [-0.4, -0.2) is 17.9 Å². The number of carbonyl (C=O) groups excluding carboxylic acids is 2. The van der Waals surface area contributed by atoms with E-state index in [1.807, 2.05) is 19.1 Å². The Morgan fingerprint density at radius 1 is 1.04 bits per heavy atom. The second-order valence-electron chi connectivity index (χ2n) is 7.98. The van der Waals surface area contributed by atoms with Gasteiger partial charge in [0.2, 0.25) is 11.8 Å². The summed E-state index contributed by atoms with van der Waals surface area (Å²) in [6, 6.07) is 6.42. The minimum atomic E-state index is -0.178. The second-order valence-corrected chi connectivity index (χ2v) is 7.98. The molecule has 4 nitrogen and oxygen atoms in total. The Balaban J connectivity index is 1.58. The highest BCUT2D eigenvalue weighted by Crippen LogP contribution is 2.40. The monoisotopic (exact) mass is 342 g/mol. The summed E-state index contributed by atoms with van der Waals surface area (Å²) < 4.78 is 0. The molecule has 0 radical (unpaired) electrons. The molecular weight excluding hydrogens is 312 g/mol. The summed E-state index contributed by atoms with van der Waals surface area (Å²) in [7, 11) is 0. The summed E-state index contributed by atoms with van der Waals surface area (Å²) in [6.45, 7) is 6.27. The molecule has 3 rings (SSSR count). The van der Waals surface area contributed by atoms with E-state index >= 15 is 0 Å². The van der Waals surface area contributed by atoms with Crippen LogP contribution in [0.4, 0.5) is 5.69 Å². The minimum absolute atomic E-state index is 0.0139. The molecule has 1 aromatic rings. The molecule has 2 amide bonds. The molecule has 136 valence electrons. The standard InChI is InChI=1S/C21H30N2O2/c1-13(2)16-11-7-8-14(3)19(16)23-21(25)18-12-17(18)20(24)22-15-9-5-4-6-10-15/h7-8,11,13,15,17-18H,4-6,9-10,12H2,1-3H3,(H,22,24)(H,23,25). The van der Waals surface area contributed by atoms with E-state index < -0.39 is 0 Å². The maximum Gasteiger partial charge on any atom is 0.228 e. The van der Waals surface area contributed by atoms with Crippen LogP contribution in [0, 0.1) is 18.8 Å². The lowest BCUT2D eigenvalue weighted by atomic mass is 9.95. The van der Waals surface area contributed by atoms with Gasteiger partial charge in [-0.15, -0.1) is 0 Å². The molecule has 25 heavy (non-hydrogen) atoms. The summed E-state index contributed by atoms with van der Waals surface area (Å²) in [4.78, 5) is 25.0. The normalized spacial score (nSPS) is 23.4. The van der Waals surface area contributed by atoms with Gasteiger partial charge in [-0.05, 0) is 43.2 Å². The van der Waals surface area contributed by atoms with E-state index in [0.717, 1.165) is 29.7 Å². The molecule has 0 saturated heterocycles. The van der Waals surface area contributed by atoms with Crippen molar-refractivity contribution in [1.82, 2.24) is 5.32 Å². The van der Waals surface area contributed by atoms with Gasteiger partial charge in [-0.1, -0.05) is 51.3 Å². The number of anilines is 1. The average molecular weight is 342 g/mol. The maximum atomic E-state index is 12.6. The maximum absolute atomic E-state index is 12.6. The average Bonchev–Trinajstić information content (AvgIpc) is 3.38. The highest BCUT2D eigenvalue weighted by atomic mass is 16.2. The molecule has 2 aliphatic rings. The molecule has 0 aliphatic heterocycles. The van der Waals surface area contributed by atoms with Crippen LogP contribution in [0.1, 0.15) is 69.4 Å². The van der Waals surface area contributed by atoms with E-state index in [0.29, 0.717) is 18.4 Å². The third kappa shape index (κ3) is 4.23. The zero-order valence-corrected chi connectivity index (χ0v) is 15.6. The first-order valence-corrected chi connectivity index (χ1v) is 9.68. The predicted octanol–water partition coefficient (Wildman–Crippen LogP) is 4.14. The highest BCUT2D eigenvalue weighted by molar-refractivity contribution is 6.00. The number of para-hydroxylation sites is 1. The lowest BCUT2D eigenvalue weighted by Crippen LogP contribution is -2.37. The van der Waals surface area contributed by atoms with Gasteiger partial charge in [0.15, 0.2) is 0 Å². The Morgan fingerprint density at radius 3 is 2.40 bits per heavy atom. The fraction of sp³-hybridized carbons (Fsp3) is 0.619. The van der Waals surface area contributed by atoms with Crippen molar-refractivity contribution in [2.24, 2.45) is 11.8 Å². The lowest BCUT2D eigenvalue weighted by molar-refractivity contribution is -0.126. The lowest BCUT2D eigenvalue weighted by Gasteiger charge is -2.22. The first-order valence-electron chi connectivity index (χ1n) is 9.68. The SMILES string of the molecule is Cc1cccc(C(C)C)c1NC(=O)C1CC1C(=O)NC1CCCCC1. The van der Waals surface area contributed by atoms with Gasteiger partial charge >= 0.3 is 0 Å². The largest absolute Gasteiger partial charge is 0.353 e. The molecule has 2 saturated carbocycles. The number of nitrogens with one attached hydrogen (secondary N) is 2. The van der Waals surface area contributed by atoms with Gasteiger partial charge in [-0.3, -0.25) is 9.59 Å². The smallest absolute Gasteiger partial charge is 0.228 e. The van der Waals surface area contributed by atoms with Crippen LogP contribution in [0.2, 0.25) is 0 Å². The zero-order chi connectivity index (χ0) is 18.0. The fourth-order valence-electron chi connectivity index (χ4n) is 3.89. The summed E-state index contributed by atoms with van der Waals surface area (Å²) >= 11 is 0. The topological polar surface area (TPSA) is 58.2 Å². The molecule has 0 heterocycles. The summed E-state index contributed by atoms with van der Waals surface area (Å²) in [5.74, 6) is 0.0809. The second kappa shape index (κ2) is 7.59. The molecule has 0 bridgehead atoms. The number of benzene rings is 1. The number of aryl methyl sites for hydroxylation is 1. The van der Waals surface area contributed by atoms with Gasteiger partial charge in [0.1, 0.15) is 0 Å². The molecule has 2 N–H and O–H groups in total. The first kappa shape index (κ1) is 18.0. The number of hydrogen-bond acceptors (Lipinski definition) is 2. The van der Waals surface area contributed by atoms with Crippen molar-refractivity contribution < 1.29 is 9.59 Å². The molecule has 0 aromatic heterocycles. The van der Waals surface area contributed by atoms with Gasteiger partial charge in [0, 0.05) is 11.7 Å². The molecule has 4 heteroatoms.